The van der Waals surface area contributed by atoms with Crippen molar-refractivity contribution in [3.8, 4) is 0 Å². The van der Waals surface area contributed by atoms with Crippen LogP contribution in [0.15, 0.2) is 24.3 Å². The van der Waals surface area contributed by atoms with Gasteiger partial charge >= 0.3 is 17.9 Å². The van der Waals surface area contributed by atoms with Gasteiger partial charge in [0, 0.05) is 19.3 Å². The van der Waals surface area contributed by atoms with E-state index in [1.54, 1.807) is 0 Å². The first-order valence-electron chi connectivity index (χ1n) is 37.3. The van der Waals surface area contributed by atoms with Gasteiger partial charge in [0.05, 0.1) is 0 Å². The fourth-order valence-electron chi connectivity index (χ4n) is 11.6. The molecule has 1 unspecified atom stereocenters. The monoisotopic (exact) mass is 1150 g/mol. The van der Waals surface area contributed by atoms with Gasteiger partial charge in [-0.3, -0.25) is 14.4 Å². The number of hydrogen-bond acceptors (Lipinski definition) is 6. The molecular formula is C76H144O6. The van der Waals surface area contributed by atoms with Gasteiger partial charge in [0.2, 0.25) is 0 Å². The number of carbonyl (C=O) groups is 3. The standard InChI is InChI=1S/C76H144O6/c1-4-7-10-13-16-19-22-25-28-30-32-33-34-35-36-37-38-39-40-41-42-43-44-46-48-51-54-57-60-63-66-69-75(78)81-72-73(71-80-74(77)68-65-62-59-56-53-50-47-27-24-21-18-15-12-9-6-3)82-76(79)70-67-64-61-58-55-52-49-45-31-29-26-23-20-17-14-11-8-5-2/h22,25,30,32,73H,4-21,23-24,26-29,31,33-72H2,1-3H3/b25-22-,32-30-. The second kappa shape index (κ2) is 71.4. The molecule has 484 valence electrons. The highest BCUT2D eigenvalue weighted by atomic mass is 16.6. The van der Waals surface area contributed by atoms with Crippen molar-refractivity contribution in [1.29, 1.82) is 0 Å². The molecule has 0 amide bonds. The molecule has 0 heterocycles. The zero-order chi connectivity index (χ0) is 59.2. The third kappa shape index (κ3) is 68.7. The number of carbonyl (C=O) groups excluding carboxylic acids is 3. The van der Waals surface area contributed by atoms with Crippen molar-refractivity contribution in [1.82, 2.24) is 0 Å². The predicted molar refractivity (Wildman–Crippen MR) is 358 cm³/mol. The summed E-state index contributed by atoms with van der Waals surface area (Å²) in [4.78, 5) is 38.5. The molecule has 0 rings (SSSR count). The maximum absolute atomic E-state index is 13.0. The van der Waals surface area contributed by atoms with Gasteiger partial charge in [0.1, 0.15) is 13.2 Å². The van der Waals surface area contributed by atoms with Crippen LogP contribution in [0.5, 0.6) is 0 Å². The number of unbranched alkanes of at least 4 members (excludes halogenated alkanes) is 55. The molecule has 0 saturated carbocycles. The average Bonchev–Trinajstić information content (AvgIpc) is 3.47. The quantitative estimate of drug-likeness (QED) is 0.0261. The van der Waals surface area contributed by atoms with E-state index < -0.39 is 6.10 Å². The van der Waals surface area contributed by atoms with Crippen LogP contribution in [0.2, 0.25) is 0 Å². The van der Waals surface area contributed by atoms with E-state index in [1.165, 1.54) is 321 Å². The van der Waals surface area contributed by atoms with Crippen molar-refractivity contribution in [2.24, 2.45) is 0 Å². The van der Waals surface area contributed by atoms with Crippen molar-refractivity contribution < 1.29 is 28.6 Å². The highest BCUT2D eigenvalue weighted by Crippen LogP contribution is 2.19. The van der Waals surface area contributed by atoms with Crippen molar-refractivity contribution >= 4 is 17.9 Å². The second-order valence-corrected chi connectivity index (χ2v) is 25.6. The summed E-state index contributed by atoms with van der Waals surface area (Å²) in [5.74, 6) is -0.824. The summed E-state index contributed by atoms with van der Waals surface area (Å²) in [6, 6.07) is 0. The first kappa shape index (κ1) is 79.9. The highest BCUT2D eigenvalue weighted by Gasteiger charge is 2.20. The van der Waals surface area contributed by atoms with E-state index in [0.29, 0.717) is 19.3 Å². The molecule has 0 aromatic carbocycles. The van der Waals surface area contributed by atoms with Crippen LogP contribution < -0.4 is 0 Å². The Bertz CT molecular complexity index is 1320. The third-order valence-corrected chi connectivity index (χ3v) is 17.2. The molecule has 0 aromatic heterocycles. The third-order valence-electron chi connectivity index (χ3n) is 17.2. The largest absolute Gasteiger partial charge is 0.462 e. The smallest absolute Gasteiger partial charge is 0.306 e. The number of rotatable bonds is 70. The van der Waals surface area contributed by atoms with Crippen molar-refractivity contribution in [3.63, 3.8) is 0 Å². The summed E-state index contributed by atoms with van der Waals surface area (Å²) in [6.07, 6.45) is 87.9. The van der Waals surface area contributed by atoms with E-state index in [4.69, 9.17) is 14.2 Å². The summed E-state index contributed by atoms with van der Waals surface area (Å²) in [5.41, 5.74) is 0. The molecular weight excluding hydrogens is 1010 g/mol. The predicted octanol–water partition coefficient (Wildman–Crippen LogP) is 25.7. The van der Waals surface area contributed by atoms with E-state index in [9.17, 15) is 14.4 Å². The fourth-order valence-corrected chi connectivity index (χ4v) is 11.6. The lowest BCUT2D eigenvalue weighted by Crippen LogP contribution is -2.30. The van der Waals surface area contributed by atoms with Crippen LogP contribution in [0, 0.1) is 0 Å². The van der Waals surface area contributed by atoms with Crippen molar-refractivity contribution in [3.05, 3.63) is 24.3 Å². The maximum Gasteiger partial charge on any atom is 0.306 e. The first-order valence-corrected chi connectivity index (χ1v) is 37.3. The van der Waals surface area contributed by atoms with Crippen LogP contribution in [0.3, 0.4) is 0 Å². The second-order valence-electron chi connectivity index (χ2n) is 25.6. The molecule has 0 aliphatic rings. The van der Waals surface area contributed by atoms with Crippen molar-refractivity contribution in [2.75, 3.05) is 13.2 Å². The Labute approximate surface area is 513 Å². The van der Waals surface area contributed by atoms with Crippen LogP contribution >= 0.6 is 0 Å². The Morgan fingerprint density at radius 3 is 0.671 bits per heavy atom. The van der Waals surface area contributed by atoms with Gasteiger partial charge in [-0.25, -0.2) is 0 Å². The Balaban J connectivity index is 4.16. The average molecular weight is 1150 g/mol. The molecule has 0 saturated heterocycles. The van der Waals surface area contributed by atoms with Crippen LogP contribution in [-0.2, 0) is 28.6 Å². The van der Waals surface area contributed by atoms with Crippen LogP contribution in [0.1, 0.15) is 425 Å². The number of esters is 3. The van der Waals surface area contributed by atoms with Crippen LogP contribution in [-0.4, -0.2) is 37.2 Å². The molecule has 1 atom stereocenters. The van der Waals surface area contributed by atoms with E-state index in [-0.39, 0.29) is 31.1 Å². The highest BCUT2D eigenvalue weighted by molar-refractivity contribution is 5.71. The lowest BCUT2D eigenvalue weighted by molar-refractivity contribution is -0.167. The van der Waals surface area contributed by atoms with Gasteiger partial charge < -0.3 is 14.2 Å². The normalized spacial score (nSPS) is 12.1. The summed E-state index contributed by atoms with van der Waals surface area (Å²) in [6.45, 7) is 6.72. The molecule has 0 fully saturated rings. The molecule has 0 N–H and O–H groups in total. The van der Waals surface area contributed by atoms with E-state index in [2.05, 4.69) is 45.1 Å². The number of hydrogen-bond donors (Lipinski definition) is 0. The molecule has 0 aliphatic heterocycles. The van der Waals surface area contributed by atoms with Gasteiger partial charge in [-0.05, 0) is 51.4 Å². The van der Waals surface area contributed by atoms with E-state index in [0.717, 1.165) is 64.2 Å². The van der Waals surface area contributed by atoms with Gasteiger partial charge in [0.15, 0.2) is 6.10 Å². The van der Waals surface area contributed by atoms with E-state index in [1.807, 2.05) is 0 Å². The van der Waals surface area contributed by atoms with Crippen LogP contribution in [0.25, 0.3) is 0 Å². The fraction of sp³-hybridized carbons (Fsp3) is 0.908. The lowest BCUT2D eigenvalue weighted by Gasteiger charge is -2.18. The Morgan fingerprint density at radius 1 is 0.244 bits per heavy atom. The molecule has 0 radical (unpaired) electrons. The minimum absolute atomic E-state index is 0.0625. The number of ether oxygens (including phenoxy) is 3. The Morgan fingerprint density at radius 2 is 0.439 bits per heavy atom. The molecule has 0 spiro atoms. The summed E-state index contributed by atoms with van der Waals surface area (Å²) >= 11 is 0. The SMILES string of the molecule is CCCCCCC/C=C\C/C=C\CCCCCCCCCCCCCCCCCCCCCC(=O)OCC(COC(=O)CCCCCCCCCCCCCCCCC)OC(=O)CCCCCCCCCCCCCCCCCCCC. The minimum atomic E-state index is -0.766. The minimum Gasteiger partial charge on any atom is -0.462 e. The molecule has 6 heteroatoms. The molecule has 0 aromatic rings. The number of allylic oxidation sites excluding steroid dienone is 4. The molecule has 6 nitrogen and oxygen atoms in total. The van der Waals surface area contributed by atoms with Crippen LogP contribution in [0.4, 0.5) is 0 Å². The van der Waals surface area contributed by atoms with Gasteiger partial charge in [-0.2, -0.15) is 0 Å². The van der Waals surface area contributed by atoms with Gasteiger partial charge in [-0.15, -0.1) is 0 Å². The first-order chi connectivity index (χ1) is 40.5. The zero-order valence-corrected chi connectivity index (χ0v) is 55.8. The Hall–Kier alpha value is -2.11. The molecule has 0 bridgehead atoms. The lowest BCUT2D eigenvalue weighted by atomic mass is 10.0. The zero-order valence-electron chi connectivity index (χ0n) is 55.8. The molecule has 82 heavy (non-hydrogen) atoms. The summed E-state index contributed by atoms with van der Waals surface area (Å²) < 4.78 is 17.0. The van der Waals surface area contributed by atoms with Gasteiger partial charge in [0.25, 0.3) is 0 Å². The Kier molecular flexibility index (Phi) is 69.5. The van der Waals surface area contributed by atoms with Crippen molar-refractivity contribution in [2.45, 2.75) is 431 Å². The topological polar surface area (TPSA) is 78.9 Å². The maximum atomic E-state index is 13.0. The summed E-state index contributed by atoms with van der Waals surface area (Å²) in [7, 11) is 0. The van der Waals surface area contributed by atoms with Gasteiger partial charge in [-0.1, -0.05) is 379 Å². The molecule has 0 aliphatic carbocycles. The summed E-state index contributed by atoms with van der Waals surface area (Å²) in [5, 5.41) is 0. The van der Waals surface area contributed by atoms with E-state index >= 15 is 0 Å².